The van der Waals surface area contributed by atoms with Crippen molar-refractivity contribution in [1.82, 2.24) is 0 Å². The molecule has 0 heterocycles. The monoisotopic (exact) mass is 170 g/mol. The minimum Gasteiger partial charge on any atom is -0.393 e. The van der Waals surface area contributed by atoms with Gasteiger partial charge >= 0.3 is 0 Å². The van der Waals surface area contributed by atoms with Gasteiger partial charge in [-0.1, -0.05) is 13.8 Å². The number of hydrogen-bond donors (Lipinski definition) is 2. The third kappa shape index (κ3) is 1.01. The highest BCUT2D eigenvalue weighted by atomic mass is 16.3. The second-order valence-electron chi connectivity index (χ2n) is 5.43. The summed E-state index contributed by atoms with van der Waals surface area (Å²) in [6.45, 7) is 6.21. The van der Waals surface area contributed by atoms with Gasteiger partial charge in [-0.3, -0.25) is 0 Å². The van der Waals surface area contributed by atoms with Gasteiger partial charge in [-0.2, -0.15) is 0 Å². The number of aliphatic hydroxyl groups is 2. The van der Waals surface area contributed by atoms with Crippen LogP contribution < -0.4 is 0 Å². The van der Waals surface area contributed by atoms with E-state index < -0.39 is 5.60 Å². The molecule has 70 valence electrons. The van der Waals surface area contributed by atoms with E-state index in [2.05, 4.69) is 13.8 Å². The summed E-state index contributed by atoms with van der Waals surface area (Å²) in [5, 5.41) is 19.5. The van der Waals surface area contributed by atoms with Gasteiger partial charge in [0.05, 0.1) is 11.7 Å². The van der Waals surface area contributed by atoms with Crippen LogP contribution in [-0.2, 0) is 0 Å². The summed E-state index contributed by atoms with van der Waals surface area (Å²) in [6, 6.07) is 0. The van der Waals surface area contributed by atoms with E-state index in [1.807, 2.05) is 6.92 Å². The Kier molecular flexibility index (Phi) is 1.45. The van der Waals surface area contributed by atoms with Crippen LogP contribution in [0.15, 0.2) is 0 Å². The Morgan fingerprint density at radius 2 is 1.75 bits per heavy atom. The van der Waals surface area contributed by atoms with E-state index in [1.54, 1.807) is 0 Å². The molecule has 0 amide bonds. The highest BCUT2D eigenvalue weighted by molar-refractivity contribution is 5.13. The van der Waals surface area contributed by atoms with Gasteiger partial charge in [0, 0.05) is 6.42 Å². The maximum absolute atomic E-state index is 9.81. The van der Waals surface area contributed by atoms with E-state index in [4.69, 9.17) is 0 Å². The summed E-state index contributed by atoms with van der Waals surface area (Å²) >= 11 is 0. The lowest BCUT2D eigenvalue weighted by Crippen LogP contribution is -2.35. The molecule has 0 saturated heterocycles. The van der Waals surface area contributed by atoms with Crippen LogP contribution in [0.3, 0.4) is 0 Å². The third-order valence-electron chi connectivity index (χ3n) is 3.86. The van der Waals surface area contributed by atoms with Crippen LogP contribution in [0.5, 0.6) is 0 Å². The summed E-state index contributed by atoms with van der Waals surface area (Å²) in [6.07, 6.45) is 1.13. The lowest BCUT2D eigenvalue weighted by Gasteiger charge is -2.30. The Bertz CT molecular complexity index is 206. The summed E-state index contributed by atoms with van der Waals surface area (Å²) in [5.41, 5.74) is -0.367. The fourth-order valence-electron chi connectivity index (χ4n) is 3.08. The van der Waals surface area contributed by atoms with Crippen LogP contribution in [0.25, 0.3) is 0 Å². The minimum absolute atomic E-state index is 0.264. The normalized spacial score (nSPS) is 56.2. The lowest BCUT2D eigenvalue weighted by molar-refractivity contribution is -0.0366. The summed E-state index contributed by atoms with van der Waals surface area (Å²) < 4.78 is 0. The molecule has 0 aliphatic heterocycles. The highest BCUT2D eigenvalue weighted by Gasteiger charge is 2.65. The van der Waals surface area contributed by atoms with Crippen LogP contribution in [-0.4, -0.2) is 21.9 Å². The first-order valence-electron chi connectivity index (χ1n) is 4.75. The minimum atomic E-state index is -0.631. The van der Waals surface area contributed by atoms with Gasteiger partial charge in [-0.15, -0.1) is 0 Å². The molecule has 0 aromatic carbocycles. The standard InChI is InChI=1S/C10H18O2/c1-9(2)6-4-10(3,12)5-7(11)8(6)9/h6-8,11-12H,4-5H2,1-3H3/t6-,7?,8-,10-/m0/s1. The Morgan fingerprint density at radius 3 is 2.25 bits per heavy atom. The van der Waals surface area contributed by atoms with Crippen LogP contribution in [0.2, 0.25) is 0 Å². The molecule has 12 heavy (non-hydrogen) atoms. The van der Waals surface area contributed by atoms with E-state index in [9.17, 15) is 10.2 Å². The highest BCUT2D eigenvalue weighted by Crippen LogP contribution is 2.66. The lowest BCUT2D eigenvalue weighted by atomic mass is 9.85. The van der Waals surface area contributed by atoms with E-state index >= 15 is 0 Å². The first-order valence-corrected chi connectivity index (χ1v) is 4.75. The molecule has 4 atom stereocenters. The predicted octanol–water partition coefficient (Wildman–Crippen LogP) is 1.16. The second-order valence-corrected chi connectivity index (χ2v) is 5.43. The van der Waals surface area contributed by atoms with Gasteiger partial charge in [-0.05, 0) is 30.6 Å². The average Bonchev–Trinajstić information content (AvgIpc) is 2.30. The molecule has 0 radical (unpaired) electrons. The summed E-state index contributed by atoms with van der Waals surface area (Å²) in [5.74, 6) is 0.981. The molecule has 2 nitrogen and oxygen atoms in total. The quantitative estimate of drug-likeness (QED) is 0.573. The largest absolute Gasteiger partial charge is 0.393 e. The molecule has 0 bridgehead atoms. The Labute approximate surface area is 73.6 Å². The third-order valence-corrected chi connectivity index (χ3v) is 3.86. The van der Waals surface area contributed by atoms with Crippen molar-refractivity contribution in [2.24, 2.45) is 17.3 Å². The van der Waals surface area contributed by atoms with E-state index in [0.717, 1.165) is 6.42 Å². The van der Waals surface area contributed by atoms with Gasteiger partial charge in [0.25, 0.3) is 0 Å². The van der Waals surface area contributed by atoms with Crippen molar-refractivity contribution in [3.05, 3.63) is 0 Å². The van der Waals surface area contributed by atoms with Crippen LogP contribution in [0.1, 0.15) is 33.6 Å². The predicted molar refractivity (Wildman–Crippen MR) is 46.6 cm³/mol. The van der Waals surface area contributed by atoms with Crippen molar-refractivity contribution in [3.63, 3.8) is 0 Å². The molecule has 2 rings (SSSR count). The average molecular weight is 170 g/mol. The topological polar surface area (TPSA) is 40.5 Å². The maximum atomic E-state index is 9.81. The van der Waals surface area contributed by atoms with Crippen LogP contribution >= 0.6 is 0 Å². The molecule has 2 aliphatic rings. The molecule has 2 saturated carbocycles. The van der Waals surface area contributed by atoms with Crippen molar-refractivity contribution >= 4 is 0 Å². The zero-order valence-corrected chi connectivity index (χ0v) is 8.04. The van der Waals surface area contributed by atoms with Crippen molar-refractivity contribution < 1.29 is 10.2 Å². The Hall–Kier alpha value is -0.0800. The van der Waals surface area contributed by atoms with Gasteiger partial charge in [0.15, 0.2) is 0 Å². The number of aliphatic hydroxyl groups excluding tert-OH is 1. The van der Waals surface area contributed by atoms with Gasteiger partial charge in [0.2, 0.25) is 0 Å². The molecule has 0 spiro atoms. The number of fused-ring (bicyclic) bond motifs is 1. The molecule has 0 aromatic heterocycles. The first-order chi connectivity index (χ1) is 5.34. The Morgan fingerprint density at radius 1 is 1.17 bits per heavy atom. The smallest absolute Gasteiger partial charge is 0.0647 e. The molecule has 2 N–H and O–H groups in total. The molecular formula is C10H18O2. The molecule has 1 unspecified atom stereocenters. The van der Waals surface area contributed by atoms with Gasteiger partial charge < -0.3 is 10.2 Å². The molecule has 2 heteroatoms. The number of hydrogen-bond acceptors (Lipinski definition) is 2. The summed E-state index contributed by atoms with van der Waals surface area (Å²) in [7, 11) is 0. The fraction of sp³-hybridized carbons (Fsp3) is 1.00. The van der Waals surface area contributed by atoms with Crippen molar-refractivity contribution in [2.75, 3.05) is 0 Å². The van der Waals surface area contributed by atoms with E-state index in [-0.39, 0.29) is 11.5 Å². The van der Waals surface area contributed by atoms with E-state index in [0.29, 0.717) is 18.3 Å². The SMILES string of the molecule is CC1(C)[C@@H]2C(O)C[C@@](C)(O)C[C@@H]21. The Balaban J connectivity index is 2.16. The summed E-state index contributed by atoms with van der Waals surface area (Å²) in [4.78, 5) is 0. The molecule has 2 fully saturated rings. The van der Waals surface area contributed by atoms with Gasteiger partial charge in [-0.25, -0.2) is 0 Å². The van der Waals surface area contributed by atoms with Crippen molar-refractivity contribution in [2.45, 2.75) is 45.3 Å². The number of rotatable bonds is 0. The maximum Gasteiger partial charge on any atom is 0.0647 e. The molecule has 2 aliphatic carbocycles. The zero-order valence-electron chi connectivity index (χ0n) is 8.04. The zero-order chi connectivity index (χ0) is 9.15. The first kappa shape index (κ1) is 8.52. The molecular weight excluding hydrogens is 152 g/mol. The second kappa shape index (κ2) is 2.05. The van der Waals surface area contributed by atoms with Crippen LogP contribution in [0, 0.1) is 17.3 Å². The van der Waals surface area contributed by atoms with Crippen molar-refractivity contribution in [3.8, 4) is 0 Å². The van der Waals surface area contributed by atoms with Crippen LogP contribution in [0.4, 0.5) is 0 Å². The van der Waals surface area contributed by atoms with Crippen molar-refractivity contribution in [1.29, 1.82) is 0 Å². The van der Waals surface area contributed by atoms with E-state index in [1.165, 1.54) is 0 Å². The fourth-order valence-corrected chi connectivity index (χ4v) is 3.08. The molecule has 0 aromatic rings. The van der Waals surface area contributed by atoms with Gasteiger partial charge in [0.1, 0.15) is 0 Å².